The molecule has 2 amide bonds. The highest BCUT2D eigenvalue weighted by atomic mass is 35.5. The van der Waals surface area contributed by atoms with E-state index >= 15 is 0 Å². The number of H-pyrrole nitrogens is 1. The van der Waals surface area contributed by atoms with E-state index in [1.54, 1.807) is 40.3 Å². The second-order valence-corrected chi connectivity index (χ2v) is 12.0. The summed E-state index contributed by atoms with van der Waals surface area (Å²) >= 11 is 18.2. The molecule has 16 heteroatoms. The quantitative estimate of drug-likeness (QED) is 0.161. The van der Waals surface area contributed by atoms with E-state index in [1.807, 2.05) is 6.07 Å². The molecule has 5 N–H and O–H groups in total. The van der Waals surface area contributed by atoms with Crippen molar-refractivity contribution >= 4 is 80.4 Å². The summed E-state index contributed by atoms with van der Waals surface area (Å²) in [7, 11) is 0. The molecule has 6 rings (SSSR count). The van der Waals surface area contributed by atoms with Crippen LogP contribution in [0.25, 0.3) is 10.9 Å². The first kappa shape index (κ1) is 32.7. The van der Waals surface area contributed by atoms with E-state index in [1.165, 1.54) is 12.4 Å². The van der Waals surface area contributed by atoms with Gasteiger partial charge >= 0.3 is 6.03 Å². The fourth-order valence-electron chi connectivity index (χ4n) is 4.98. The van der Waals surface area contributed by atoms with E-state index in [9.17, 15) is 22.4 Å². The van der Waals surface area contributed by atoms with Crippen molar-refractivity contribution in [3.05, 3.63) is 64.0 Å². The Morgan fingerprint density at radius 1 is 0.822 bits per heavy atom. The molecule has 2 saturated heterocycles. The number of carbonyl (C=O) groups excluding carboxylic acids is 1. The molecule has 4 aromatic rings. The van der Waals surface area contributed by atoms with Gasteiger partial charge in [-0.05, 0) is 30.3 Å². The average molecular weight is 688 g/mol. The van der Waals surface area contributed by atoms with Gasteiger partial charge in [-0.25, -0.2) is 32.3 Å². The molecule has 3 aromatic heterocycles. The second-order valence-electron chi connectivity index (χ2n) is 10.8. The fraction of sp³-hybridized carbons (Fsp3) is 0.345. The third kappa shape index (κ3) is 8.33. The third-order valence-electron chi connectivity index (χ3n) is 7.40. The highest BCUT2D eigenvalue weighted by molar-refractivity contribution is 6.33. The van der Waals surface area contributed by atoms with Crippen molar-refractivity contribution < 1.29 is 22.4 Å². The Hall–Kier alpha value is -3.68. The predicted molar refractivity (Wildman–Crippen MR) is 172 cm³/mol. The van der Waals surface area contributed by atoms with Gasteiger partial charge in [-0.1, -0.05) is 34.8 Å². The lowest BCUT2D eigenvalue weighted by Gasteiger charge is -2.33. The van der Waals surface area contributed by atoms with Gasteiger partial charge in [0.2, 0.25) is 0 Å². The van der Waals surface area contributed by atoms with Gasteiger partial charge < -0.3 is 31.2 Å². The number of nitrogens with two attached hydrogens (primary N) is 1. The molecule has 0 atom stereocenters. The van der Waals surface area contributed by atoms with Gasteiger partial charge in [0.1, 0.15) is 11.6 Å². The number of rotatable bonds is 4. The predicted octanol–water partition coefficient (Wildman–Crippen LogP) is 8.30. The van der Waals surface area contributed by atoms with Crippen LogP contribution in [0.5, 0.6) is 0 Å². The molecule has 2 fully saturated rings. The van der Waals surface area contributed by atoms with E-state index in [4.69, 9.17) is 40.5 Å². The van der Waals surface area contributed by atoms with Crippen molar-refractivity contribution in [3.8, 4) is 0 Å². The van der Waals surface area contributed by atoms with Gasteiger partial charge in [-0.15, -0.1) is 0 Å². The highest BCUT2D eigenvalue weighted by Crippen LogP contribution is 2.35. The Balaban J connectivity index is 0.000000211. The molecule has 2 aliphatic rings. The minimum atomic E-state index is -2.64. The van der Waals surface area contributed by atoms with Crippen LogP contribution < -0.4 is 26.2 Å². The van der Waals surface area contributed by atoms with E-state index in [-0.39, 0.29) is 56.9 Å². The first-order chi connectivity index (χ1) is 21.3. The Morgan fingerprint density at radius 2 is 1.38 bits per heavy atom. The number of pyridine rings is 2. The summed E-state index contributed by atoms with van der Waals surface area (Å²) in [4.78, 5) is 27.2. The summed E-state index contributed by atoms with van der Waals surface area (Å²) in [6.45, 7) is 0.888. The zero-order valence-electron chi connectivity index (χ0n) is 23.7. The van der Waals surface area contributed by atoms with Gasteiger partial charge in [0.05, 0.1) is 39.5 Å². The van der Waals surface area contributed by atoms with Crippen LogP contribution in [0.1, 0.15) is 25.7 Å². The summed E-state index contributed by atoms with van der Waals surface area (Å²) in [5.41, 5.74) is 7.78. The molecule has 45 heavy (non-hydrogen) atoms. The Labute approximate surface area is 271 Å². The van der Waals surface area contributed by atoms with Crippen LogP contribution in [0.4, 0.5) is 51.1 Å². The van der Waals surface area contributed by atoms with Gasteiger partial charge in [-0.2, -0.15) is 0 Å². The number of aromatic amines is 1. The van der Waals surface area contributed by atoms with Crippen molar-refractivity contribution in [2.24, 2.45) is 0 Å². The van der Waals surface area contributed by atoms with E-state index in [0.717, 1.165) is 10.9 Å². The highest BCUT2D eigenvalue weighted by Gasteiger charge is 2.36. The fourth-order valence-corrected chi connectivity index (χ4v) is 5.73. The minimum absolute atomic E-state index is 0.157. The number of piperidine rings is 2. The molecule has 0 saturated carbocycles. The van der Waals surface area contributed by atoms with E-state index < -0.39 is 17.9 Å². The lowest BCUT2D eigenvalue weighted by Crippen LogP contribution is -2.39. The van der Waals surface area contributed by atoms with Gasteiger partial charge in [-0.3, -0.25) is 0 Å². The SMILES string of the molecule is Nc1cnc(N2CCC(F)(F)CC2)c(Cl)c1.O=C(Nc1cnc(N2CCC(F)(F)CC2)c(Cl)c1)Nc1c[nH]c2ccc(Cl)cc12. The lowest BCUT2D eigenvalue weighted by molar-refractivity contribution is -0.0227. The van der Waals surface area contributed by atoms with Crippen LogP contribution in [0.3, 0.4) is 0 Å². The number of amides is 2. The molecular weight excluding hydrogens is 659 g/mol. The number of carbonyl (C=O) groups is 1. The standard InChI is InChI=1S/C19H17Cl2F2N5O.C10H12ClF2N3/c20-11-1-2-15-13(7-11)16(10-24-15)27-18(29)26-12-8-14(21)17(25-9-12)28-5-3-19(22,23)4-6-28;11-8-5-7(14)6-15-9(8)16-3-1-10(12,13)2-4-16/h1-2,7-10,24H,3-6H2,(H2,26,27,29);5-6H,1-4,14H2. The molecule has 5 heterocycles. The number of hydrogen-bond donors (Lipinski definition) is 4. The molecule has 9 nitrogen and oxygen atoms in total. The maximum atomic E-state index is 13.3. The maximum absolute atomic E-state index is 13.3. The number of hydrogen-bond acceptors (Lipinski definition) is 6. The van der Waals surface area contributed by atoms with Crippen molar-refractivity contribution in [1.82, 2.24) is 15.0 Å². The normalized spacial score (nSPS) is 17.4. The van der Waals surface area contributed by atoms with Gasteiger partial charge in [0, 0.05) is 74.0 Å². The number of anilines is 5. The summed E-state index contributed by atoms with van der Waals surface area (Å²) in [6, 6.07) is 7.97. The average Bonchev–Trinajstić information content (AvgIpc) is 3.35. The molecular formula is C29H29Cl3F4N8O. The minimum Gasteiger partial charge on any atom is -0.397 e. The summed E-state index contributed by atoms with van der Waals surface area (Å²) < 4.78 is 52.6. The number of nitrogens with zero attached hydrogens (tertiary/aromatic N) is 4. The lowest BCUT2D eigenvalue weighted by atomic mass is 10.1. The van der Waals surface area contributed by atoms with Crippen LogP contribution in [-0.4, -0.2) is 59.0 Å². The number of benzene rings is 1. The zero-order chi connectivity index (χ0) is 32.4. The molecule has 0 radical (unpaired) electrons. The van der Waals surface area contributed by atoms with Crippen LogP contribution >= 0.6 is 34.8 Å². The van der Waals surface area contributed by atoms with Crippen molar-refractivity contribution in [2.45, 2.75) is 37.5 Å². The van der Waals surface area contributed by atoms with Crippen LogP contribution in [0.15, 0.2) is 48.9 Å². The topological polar surface area (TPSA) is 115 Å². The molecule has 0 bridgehead atoms. The maximum Gasteiger partial charge on any atom is 0.323 e. The van der Waals surface area contributed by atoms with E-state index in [0.29, 0.717) is 38.7 Å². The Morgan fingerprint density at radius 3 is 1.93 bits per heavy atom. The van der Waals surface area contributed by atoms with Crippen LogP contribution in [0.2, 0.25) is 15.1 Å². The molecule has 0 unspecified atom stereocenters. The number of nitrogen functional groups attached to an aromatic ring is 1. The zero-order valence-corrected chi connectivity index (χ0v) is 26.0. The number of fused-ring (bicyclic) bond motifs is 1. The van der Waals surface area contributed by atoms with Gasteiger partial charge in [0.15, 0.2) is 0 Å². The largest absolute Gasteiger partial charge is 0.397 e. The summed E-state index contributed by atoms with van der Waals surface area (Å²) in [5, 5.41) is 7.43. The number of urea groups is 1. The van der Waals surface area contributed by atoms with Crippen molar-refractivity contribution in [3.63, 3.8) is 0 Å². The van der Waals surface area contributed by atoms with E-state index in [2.05, 4.69) is 25.6 Å². The monoisotopic (exact) mass is 686 g/mol. The van der Waals surface area contributed by atoms with Crippen molar-refractivity contribution in [1.29, 1.82) is 0 Å². The van der Waals surface area contributed by atoms with Crippen LogP contribution in [0, 0.1) is 0 Å². The summed E-state index contributed by atoms with van der Waals surface area (Å²) in [5.74, 6) is -4.24. The number of halogens is 7. The van der Waals surface area contributed by atoms with Crippen LogP contribution in [-0.2, 0) is 0 Å². The number of nitrogens with one attached hydrogen (secondary N) is 3. The molecule has 0 aliphatic carbocycles. The van der Waals surface area contributed by atoms with Gasteiger partial charge in [0.25, 0.3) is 11.8 Å². The number of alkyl halides is 4. The smallest absolute Gasteiger partial charge is 0.323 e. The third-order valence-corrected chi connectivity index (χ3v) is 8.19. The number of aromatic nitrogens is 3. The first-order valence-corrected chi connectivity index (χ1v) is 15.1. The molecule has 0 spiro atoms. The Kier molecular flexibility index (Phi) is 9.71. The molecule has 2 aliphatic heterocycles. The Bertz CT molecular complexity index is 1670. The first-order valence-electron chi connectivity index (χ1n) is 14.0. The summed E-state index contributed by atoms with van der Waals surface area (Å²) in [6.07, 6.45) is 3.81. The second kappa shape index (κ2) is 13.4. The molecule has 1 aromatic carbocycles. The van der Waals surface area contributed by atoms with Crippen molar-refractivity contribution in [2.75, 3.05) is 52.3 Å². The molecule has 240 valence electrons.